The Bertz CT molecular complexity index is 409. The lowest BCUT2D eigenvalue weighted by atomic mass is 10.2. The van der Waals surface area contributed by atoms with E-state index in [-0.39, 0.29) is 12.4 Å². The summed E-state index contributed by atoms with van der Waals surface area (Å²) in [7, 11) is 0. The summed E-state index contributed by atoms with van der Waals surface area (Å²) >= 11 is 0. The zero-order valence-electron chi connectivity index (χ0n) is 14.0. The van der Waals surface area contributed by atoms with Gasteiger partial charge in [0, 0.05) is 13.0 Å². The summed E-state index contributed by atoms with van der Waals surface area (Å²) < 4.78 is 16.6. The van der Waals surface area contributed by atoms with Gasteiger partial charge in [-0.1, -0.05) is 0 Å². The van der Waals surface area contributed by atoms with Crippen molar-refractivity contribution in [3.8, 4) is 0 Å². The maximum absolute atomic E-state index is 12.2. The highest BCUT2D eigenvalue weighted by Crippen LogP contribution is 2.24. The quantitative estimate of drug-likeness (QED) is 0.796. The van der Waals surface area contributed by atoms with Crippen LogP contribution in [0.1, 0.15) is 53.4 Å². The van der Waals surface area contributed by atoms with Crippen LogP contribution >= 0.6 is 0 Å². The van der Waals surface area contributed by atoms with Crippen molar-refractivity contribution in [3.63, 3.8) is 0 Å². The van der Waals surface area contributed by atoms with E-state index in [1.807, 2.05) is 33.8 Å². The monoisotopic (exact) mass is 313 g/mol. The predicted octanol–water partition coefficient (Wildman–Crippen LogP) is 3.37. The Morgan fingerprint density at radius 1 is 1.41 bits per heavy atom. The lowest BCUT2D eigenvalue weighted by Crippen LogP contribution is -2.35. The van der Waals surface area contributed by atoms with Gasteiger partial charge in [-0.2, -0.15) is 5.06 Å². The van der Waals surface area contributed by atoms with E-state index < -0.39 is 11.7 Å². The van der Waals surface area contributed by atoms with Crippen LogP contribution in [0.25, 0.3) is 0 Å². The Labute approximate surface area is 132 Å². The van der Waals surface area contributed by atoms with Gasteiger partial charge in [0.2, 0.25) is 0 Å². The summed E-state index contributed by atoms with van der Waals surface area (Å²) in [5.74, 6) is 0. The van der Waals surface area contributed by atoms with Crippen molar-refractivity contribution < 1.29 is 23.8 Å². The molecule has 2 unspecified atom stereocenters. The van der Waals surface area contributed by atoms with Crippen LogP contribution in [0.5, 0.6) is 0 Å². The second-order valence-electron chi connectivity index (χ2n) is 6.66. The summed E-state index contributed by atoms with van der Waals surface area (Å²) in [5, 5.41) is 1.24. The lowest BCUT2D eigenvalue weighted by molar-refractivity contribution is -0.164. The molecular weight excluding hydrogens is 286 g/mol. The zero-order chi connectivity index (χ0) is 16.2. The highest BCUT2D eigenvalue weighted by Gasteiger charge is 2.31. The van der Waals surface area contributed by atoms with Gasteiger partial charge >= 0.3 is 6.09 Å². The normalized spacial score (nSPS) is 26.0. The van der Waals surface area contributed by atoms with E-state index in [0.717, 1.165) is 31.6 Å². The summed E-state index contributed by atoms with van der Waals surface area (Å²) in [6, 6.07) is 0. The first-order chi connectivity index (χ1) is 10.3. The number of nitrogens with zero attached hydrogens (tertiary/aromatic N) is 1. The Morgan fingerprint density at radius 3 is 2.82 bits per heavy atom. The second kappa shape index (κ2) is 7.44. The van der Waals surface area contributed by atoms with Crippen LogP contribution in [0.2, 0.25) is 0 Å². The van der Waals surface area contributed by atoms with Crippen molar-refractivity contribution in [3.05, 3.63) is 11.8 Å². The summed E-state index contributed by atoms with van der Waals surface area (Å²) in [4.78, 5) is 17.7. The van der Waals surface area contributed by atoms with Crippen molar-refractivity contribution in [1.29, 1.82) is 0 Å². The van der Waals surface area contributed by atoms with E-state index in [4.69, 9.17) is 19.0 Å². The van der Waals surface area contributed by atoms with Gasteiger partial charge < -0.3 is 14.2 Å². The minimum Gasteiger partial charge on any atom is -0.442 e. The first-order valence-electron chi connectivity index (χ1n) is 7.99. The molecule has 0 N–H and O–H groups in total. The SMILES string of the molecule is CC1C=C(CCOC2CCCCO2)N(C(=O)OC(C)(C)C)O1. The molecule has 0 aromatic heterocycles. The fraction of sp³-hybridized carbons (Fsp3) is 0.812. The molecular formula is C16H27NO5. The number of carbonyl (C=O) groups is 1. The van der Waals surface area contributed by atoms with Crippen molar-refractivity contribution in [1.82, 2.24) is 5.06 Å². The highest BCUT2D eigenvalue weighted by atomic mass is 16.7. The molecule has 22 heavy (non-hydrogen) atoms. The van der Waals surface area contributed by atoms with Crippen LogP contribution in [0.3, 0.4) is 0 Å². The fourth-order valence-electron chi connectivity index (χ4n) is 2.39. The summed E-state index contributed by atoms with van der Waals surface area (Å²) in [6.45, 7) is 8.63. The molecule has 0 bridgehead atoms. The first-order valence-corrected chi connectivity index (χ1v) is 7.99. The Balaban J connectivity index is 1.82. The Hall–Kier alpha value is -1.11. The summed E-state index contributed by atoms with van der Waals surface area (Å²) in [6.07, 6.45) is 4.91. The lowest BCUT2D eigenvalue weighted by Gasteiger charge is -2.26. The molecule has 0 aromatic rings. The molecule has 0 saturated carbocycles. The Kier molecular flexibility index (Phi) is 5.83. The van der Waals surface area contributed by atoms with Crippen LogP contribution in [-0.2, 0) is 19.0 Å². The number of hydroxylamine groups is 2. The van der Waals surface area contributed by atoms with Gasteiger partial charge in [-0.25, -0.2) is 4.79 Å². The average Bonchev–Trinajstić information content (AvgIpc) is 2.79. The molecule has 0 spiro atoms. The van der Waals surface area contributed by atoms with Crippen LogP contribution in [0.15, 0.2) is 11.8 Å². The van der Waals surface area contributed by atoms with Crippen LogP contribution in [0.4, 0.5) is 4.79 Å². The maximum atomic E-state index is 12.2. The molecule has 1 saturated heterocycles. The molecule has 1 amide bonds. The van der Waals surface area contributed by atoms with Gasteiger partial charge in [0.25, 0.3) is 0 Å². The highest BCUT2D eigenvalue weighted by molar-refractivity contribution is 5.69. The van der Waals surface area contributed by atoms with Gasteiger partial charge in [-0.3, -0.25) is 4.84 Å². The molecule has 2 aliphatic heterocycles. The van der Waals surface area contributed by atoms with E-state index in [0.29, 0.717) is 13.0 Å². The third-order valence-electron chi connectivity index (χ3n) is 3.32. The number of carbonyl (C=O) groups excluding carboxylic acids is 1. The molecule has 2 rings (SSSR count). The number of rotatable bonds is 4. The molecule has 1 fully saturated rings. The molecule has 0 radical (unpaired) electrons. The Morgan fingerprint density at radius 2 is 2.18 bits per heavy atom. The van der Waals surface area contributed by atoms with Crippen molar-refractivity contribution in [2.45, 2.75) is 71.4 Å². The predicted molar refractivity (Wildman–Crippen MR) is 80.9 cm³/mol. The molecule has 6 nitrogen and oxygen atoms in total. The zero-order valence-corrected chi connectivity index (χ0v) is 14.0. The minimum atomic E-state index is -0.552. The molecule has 2 heterocycles. The smallest absolute Gasteiger partial charge is 0.439 e. The second-order valence-corrected chi connectivity index (χ2v) is 6.66. The molecule has 126 valence electrons. The number of amides is 1. The number of hydrogen-bond acceptors (Lipinski definition) is 5. The van der Waals surface area contributed by atoms with Gasteiger partial charge in [0.05, 0.1) is 12.3 Å². The summed E-state index contributed by atoms with van der Waals surface area (Å²) in [5.41, 5.74) is 0.224. The molecule has 6 heteroatoms. The van der Waals surface area contributed by atoms with E-state index in [2.05, 4.69) is 0 Å². The standard InChI is InChI=1S/C16H27NO5/c1-12-11-13(8-10-20-14-7-5-6-9-19-14)17(22-12)15(18)21-16(2,3)4/h11-12,14H,5-10H2,1-4H3. The topological polar surface area (TPSA) is 57.2 Å². The molecule has 0 aromatic carbocycles. The minimum absolute atomic E-state index is 0.121. The molecule has 0 aliphatic carbocycles. The number of ether oxygens (including phenoxy) is 3. The van der Waals surface area contributed by atoms with E-state index in [1.165, 1.54) is 5.06 Å². The van der Waals surface area contributed by atoms with Crippen LogP contribution in [0, 0.1) is 0 Å². The maximum Gasteiger partial charge on any atom is 0.439 e. The van der Waals surface area contributed by atoms with Crippen molar-refractivity contribution in [2.75, 3.05) is 13.2 Å². The first kappa shape index (κ1) is 17.2. The van der Waals surface area contributed by atoms with E-state index in [1.54, 1.807) is 0 Å². The van der Waals surface area contributed by atoms with Gasteiger partial charge in [-0.15, -0.1) is 0 Å². The van der Waals surface area contributed by atoms with Crippen LogP contribution < -0.4 is 0 Å². The van der Waals surface area contributed by atoms with Gasteiger partial charge in [0.1, 0.15) is 11.7 Å². The van der Waals surface area contributed by atoms with Gasteiger partial charge in [0.15, 0.2) is 6.29 Å². The fourth-order valence-corrected chi connectivity index (χ4v) is 2.39. The average molecular weight is 313 g/mol. The molecule has 2 atom stereocenters. The largest absolute Gasteiger partial charge is 0.442 e. The van der Waals surface area contributed by atoms with Gasteiger partial charge in [-0.05, 0) is 53.0 Å². The van der Waals surface area contributed by atoms with Crippen LogP contribution in [-0.4, -0.2) is 42.4 Å². The van der Waals surface area contributed by atoms with Crippen molar-refractivity contribution >= 4 is 6.09 Å². The third kappa shape index (κ3) is 5.26. The molecule has 2 aliphatic rings. The number of hydrogen-bond donors (Lipinski definition) is 0. The van der Waals surface area contributed by atoms with E-state index >= 15 is 0 Å². The van der Waals surface area contributed by atoms with E-state index in [9.17, 15) is 4.79 Å². The third-order valence-corrected chi connectivity index (χ3v) is 3.32. The van der Waals surface area contributed by atoms with Crippen molar-refractivity contribution in [2.24, 2.45) is 0 Å².